The molecule has 6 heteroatoms. The highest BCUT2D eigenvalue weighted by Crippen LogP contribution is 2.23. The van der Waals surface area contributed by atoms with Crippen LogP contribution in [0.1, 0.15) is 22.0 Å². The molecule has 5 nitrogen and oxygen atoms in total. The van der Waals surface area contributed by atoms with Crippen molar-refractivity contribution in [2.24, 2.45) is 0 Å². The highest BCUT2D eigenvalue weighted by molar-refractivity contribution is 7.86. The summed E-state index contributed by atoms with van der Waals surface area (Å²) in [6.45, 7) is -0.574. The molecule has 0 aromatic heterocycles. The predicted octanol–water partition coefficient (Wildman–Crippen LogP) is 3.99. The Morgan fingerprint density at radius 2 is 1.30 bits per heavy atom. The number of rotatable bonds is 8. The maximum absolute atomic E-state index is 12.8. The Hall–Kier alpha value is -2.80. The molecule has 3 rings (SSSR count). The van der Waals surface area contributed by atoms with Gasteiger partial charge in [0.15, 0.2) is 12.6 Å². The van der Waals surface area contributed by atoms with E-state index < -0.39 is 23.0 Å². The van der Waals surface area contributed by atoms with Gasteiger partial charge in [-0.1, -0.05) is 78.9 Å². The topological polar surface area (TPSA) is 69.7 Å². The number of carbonyl (C=O) groups is 1. The molecule has 138 valence electrons. The maximum Gasteiger partial charge on any atom is 0.299 e. The fourth-order valence-electron chi connectivity index (χ4n) is 2.52. The lowest BCUT2D eigenvalue weighted by Crippen LogP contribution is -2.19. The van der Waals surface area contributed by atoms with Crippen molar-refractivity contribution >= 4 is 15.9 Å². The number of benzene rings is 3. The summed E-state index contributed by atoms with van der Waals surface area (Å²) in [7, 11) is -3.96. The minimum Gasteiger partial charge on any atom is -0.338 e. The van der Waals surface area contributed by atoms with Crippen molar-refractivity contribution < 1.29 is 22.1 Å². The first-order valence-electron chi connectivity index (χ1n) is 8.28. The van der Waals surface area contributed by atoms with E-state index >= 15 is 0 Å². The van der Waals surface area contributed by atoms with Crippen LogP contribution in [0.5, 0.6) is 0 Å². The van der Waals surface area contributed by atoms with Crippen molar-refractivity contribution in [1.82, 2.24) is 0 Å². The summed E-state index contributed by atoms with van der Waals surface area (Å²) < 4.78 is 34.9. The Morgan fingerprint density at radius 3 is 1.89 bits per heavy atom. The van der Waals surface area contributed by atoms with Crippen LogP contribution in [0.25, 0.3) is 0 Å². The van der Waals surface area contributed by atoms with Gasteiger partial charge in [0.2, 0.25) is 0 Å². The van der Waals surface area contributed by atoms with Crippen LogP contribution >= 0.6 is 0 Å². The predicted molar refractivity (Wildman–Crippen MR) is 101 cm³/mol. The zero-order chi connectivity index (χ0) is 19.1. The molecule has 0 saturated carbocycles. The highest BCUT2D eigenvalue weighted by atomic mass is 32.2. The van der Waals surface area contributed by atoms with Crippen LogP contribution in [0, 0.1) is 0 Å². The summed E-state index contributed by atoms with van der Waals surface area (Å²) in [5.41, 5.74) is 1.09. The molecule has 0 bridgehead atoms. The fourth-order valence-corrected chi connectivity index (χ4v) is 3.33. The minimum absolute atomic E-state index is 0.0271. The first-order chi connectivity index (χ1) is 13.1. The zero-order valence-corrected chi connectivity index (χ0v) is 15.2. The average molecular weight is 382 g/mol. The molecule has 0 aliphatic rings. The van der Waals surface area contributed by atoms with Gasteiger partial charge in [0.1, 0.15) is 6.10 Å². The molecule has 1 unspecified atom stereocenters. The second-order valence-corrected chi connectivity index (χ2v) is 7.31. The molecule has 1 atom stereocenters. The van der Waals surface area contributed by atoms with E-state index in [0.29, 0.717) is 11.1 Å². The van der Waals surface area contributed by atoms with E-state index in [2.05, 4.69) is 0 Å². The van der Waals surface area contributed by atoms with Crippen LogP contribution in [-0.4, -0.2) is 21.0 Å². The molecule has 0 aliphatic heterocycles. The van der Waals surface area contributed by atoms with Gasteiger partial charge < -0.3 is 4.74 Å². The molecule has 0 amide bonds. The number of ketones is 1. The molecule has 0 heterocycles. The molecular formula is C21H18O5S. The lowest BCUT2D eigenvalue weighted by molar-refractivity contribution is -0.0237. The van der Waals surface area contributed by atoms with Crippen molar-refractivity contribution in [3.05, 3.63) is 102 Å². The van der Waals surface area contributed by atoms with Crippen LogP contribution in [0.2, 0.25) is 0 Å². The van der Waals surface area contributed by atoms with Gasteiger partial charge in [-0.3, -0.25) is 4.79 Å². The SMILES string of the molecule is O=C(c1ccccc1)C(OCOS(=O)(=O)c1ccccc1)c1ccccc1. The van der Waals surface area contributed by atoms with Crippen molar-refractivity contribution in [2.45, 2.75) is 11.0 Å². The molecule has 0 spiro atoms. The van der Waals surface area contributed by atoms with E-state index in [0.717, 1.165) is 0 Å². The van der Waals surface area contributed by atoms with E-state index in [1.807, 2.05) is 12.1 Å². The molecule has 0 aliphatic carbocycles. The Bertz CT molecular complexity index is 971. The van der Waals surface area contributed by atoms with Gasteiger partial charge in [0.05, 0.1) is 4.90 Å². The molecule has 0 N–H and O–H groups in total. The van der Waals surface area contributed by atoms with Gasteiger partial charge >= 0.3 is 0 Å². The lowest BCUT2D eigenvalue weighted by Gasteiger charge is -2.17. The highest BCUT2D eigenvalue weighted by Gasteiger charge is 2.24. The van der Waals surface area contributed by atoms with Crippen LogP contribution in [0.3, 0.4) is 0 Å². The van der Waals surface area contributed by atoms with Crippen LogP contribution in [-0.2, 0) is 19.0 Å². The van der Waals surface area contributed by atoms with Gasteiger partial charge in [-0.05, 0) is 17.7 Å². The Balaban J connectivity index is 1.76. The van der Waals surface area contributed by atoms with Crippen LogP contribution in [0.4, 0.5) is 0 Å². The number of carbonyl (C=O) groups excluding carboxylic acids is 1. The number of hydrogen-bond donors (Lipinski definition) is 0. The second kappa shape index (κ2) is 8.73. The Morgan fingerprint density at radius 1 is 0.778 bits per heavy atom. The second-order valence-electron chi connectivity index (χ2n) is 5.69. The molecule has 0 fully saturated rings. The summed E-state index contributed by atoms with van der Waals surface area (Å²) in [5.74, 6) is -0.275. The molecule has 3 aromatic carbocycles. The largest absolute Gasteiger partial charge is 0.338 e. The smallest absolute Gasteiger partial charge is 0.299 e. The van der Waals surface area contributed by atoms with E-state index in [1.165, 1.54) is 12.1 Å². The van der Waals surface area contributed by atoms with E-state index in [9.17, 15) is 13.2 Å². The molecule has 0 radical (unpaired) electrons. The quantitative estimate of drug-likeness (QED) is 0.335. The van der Waals surface area contributed by atoms with Crippen molar-refractivity contribution in [3.63, 3.8) is 0 Å². The van der Waals surface area contributed by atoms with E-state index in [1.54, 1.807) is 66.7 Å². The van der Waals surface area contributed by atoms with Gasteiger partial charge in [-0.2, -0.15) is 8.42 Å². The monoisotopic (exact) mass is 382 g/mol. The summed E-state index contributed by atoms with van der Waals surface area (Å²) in [6.07, 6.45) is -0.973. The summed E-state index contributed by atoms with van der Waals surface area (Å²) in [5, 5.41) is 0. The van der Waals surface area contributed by atoms with E-state index in [4.69, 9.17) is 8.92 Å². The first-order valence-corrected chi connectivity index (χ1v) is 9.69. The van der Waals surface area contributed by atoms with Crippen molar-refractivity contribution in [3.8, 4) is 0 Å². The standard InChI is InChI=1S/C21H18O5S/c22-20(17-10-4-1-5-11-17)21(18-12-6-2-7-13-18)25-16-26-27(23,24)19-14-8-3-9-15-19/h1-15,21H,16H2. The summed E-state index contributed by atoms with van der Waals surface area (Å²) in [4.78, 5) is 12.9. The van der Waals surface area contributed by atoms with Crippen molar-refractivity contribution in [2.75, 3.05) is 6.79 Å². The molecule has 27 heavy (non-hydrogen) atoms. The lowest BCUT2D eigenvalue weighted by atomic mass is 10.00. The van der Waals surface area contributed by atoms with E-state index in [-0.39, 0.29) is 10.7 Å². The average Bonchev–Trinajstić information content (AvgIpc) is 2.73. The minimum atomic E-state index is -3.96. The summed E-state index contributed by atoms with van der Waals surface area (Å²) in [6, 6.07) is 25.3. The fraction of sp³-hybridized carbons (Fsp3) is 0.0952. The molecular weight excluding hydrogens is 364 g/mol. The Labute approximate surface area is 158 Å². The molecule has 0 saturated heterocycles. The van der Waals surface area contributed by atoms with Crippen LogP contribution < -0.4 is 0 Å². The number of Topliss-reactive ketones (excluding diaryl/α,β-unsaturated/α-hetero) is 1. The third kappa shape index (κ3) is 4.89. The number of hydrogen-bond acceptors (Lipinski definition) is 5. The normalized spacial score (nSPS) is 12.4. The number of ether oxygens (including phenoxy) is 1. The third-order valence-corrected chi connectivity index (χ3v) is 5.12. The Kier molecular flexibility index (Phi) is 6.13. The maximum atomic E-state index is 12.8. The van der Waals surface area contributed by atoms with Gasteiger partial charge in [-0.15, -0.1) is 0 Å². The van der Waals surface area contributed by atoms with Gasteiger partial charge in [0, 0.05) is 5.56 Å². The molecule has 3 aromatic rings. The zero-order valence-electron chi connectivity index (χ0n) is 14.4. The van der Waals surface area contributed by atoms with Crippen LogP contribution in [0.15, 0.2) is 95.9 Å². The van der Waals surface area contributed by atoms with Gasteiger partial charge in [-0.25, -0.2) is 4.18 Å². The van der Waals surface area contributed by atoms with Crippen molar-refractivity contribution in [1.29, 1.82) is 0 Å². The summed E-state index contributed by atoms with van der Waals surface area (Å²) >= 11 is 0. The first kappa shape index (κ1) is 19.0. The van der Waals surface area contributed by atoms with Gasteiger partial charge in [0.25, 0.3) is 10.1 Å². The third-order valence-electron chi connectivity index (χ3n) is 3.87.